The molecule has 2 aliphatic carbocycles. The maximum atomic E-state index is 11.8. The van der Waals surface area contributed by atoms with E-state index in [0.717, 1.165) is 12.8 Å². The van der Waals surface area contributed by atoms with Crippen molar-refractivity contribution in [2.75, 3.05) is 0 Å². The molecule has 20 heavy (non-hydrogen) atoms. The summed E-state index contributed by atoms with van der Waals surface area (Å²) in [5.41, 5.74) is 6.10. The summed E-state index contributed by atoms with van der Waals surface area (Å²) < 4.78 is 5.32. The third-order valence-electron chi connectivity index (χ3n) is 4.86. The van der Waals surface area contributed by atoms with Crippen LogP contribution in [0.4, 0.5) is 4.79 Å². The van der Waals surface area contributed by atoms with Gasteiger partial charge in [-0.2, -0.15) is 0 Å². The van der Waals surface area contributed by atoms with Crippen LogP contribution >= 0.6 is 0 Å². The number of nitrogens with one attached hydrogen (secondary N) is 1. The molecule has 0 heterocycles. The zero-order chi connectivity index (χ0) is 14.8. The van der Waals surface area contributed by atoms with Crippen LogP contribution < -0.4 is 11.1 Å². The van der Waals surface area contributed by atoms with Crippen LogP contribution in [0.5, 0.6) is 0 Å². The van der Waals surface area contributed by atoms with Gasteiger partial charge in [-0.15, -0.1) is 0 Å². The van der Waals surface area contributed by atoms with E-state index in [9.17, 15) is 4.79 Å². The van der Waals surface area contributed by atoms with Gasteiger partial charge in [0.15, 0.2) is 0 Å². The Morgan fingerprint density at radius 1 is 1.10 bits per heavy atom. The Hall–Kier alpha value is -0.770. The van der Waals surface area contributed by atoms with Crippen molar-refractivity contribution < 1.29 is 9.53 Å². The highest BCUT2D eigenvalue weighted by Gasteiger charge is 2.38. The fraction of sp³-hybridized carbons (Fsp3) is 0.938. The lowest BCUT2D eigenvalue weighted by Gasteiger charge is -2.44. The monoisotopic (exact) mass is 282 g/mol. The van der Waals surface area contributed by atoms with Crippen LogP contribution in [0.15, 0.2) is 0 Å². The van der Waals surface area contributed by atoms with E-state index in [1.54, 1.807) is 0 Å². The first kappa shape index (κ1) is 15.6. The van der Waals surface area contributed by atoms with Crippen molar-refractivity contribution in [2.24, 2.45) is 11.1 Å². The second-order valence-corrected chi connectivity index (χ2v) is 7.76. The van der Waals surface area contributed by atoms with E-state index in [2.05, 4.69) is 5.32 Å². The number of hydrogen-bond acceptors (Lipinski definition) is 3. The van der Waals surface area contributed by atoms with Crippen molar-refractivity contribution >= 4 is 6.09 Å². The lowest BCUT2D eigenvalue weighted by atomic mass is 9.64. The number of hydrogen-bond donors (Lipinski definition) is 2. The summed E-state index contributed by atoms with van der Waals surface area (Å²) in [5.74, 6) is 0. The van der Waals surface area contributed by atoms with Crippen molar-refractivity contribution in [3.8, 4) is 0 Å². The van der Waals surface area contributed by atoms with Crippen LogP contribution in [0.1, 0.15) is 72.1 Å². The second-order valence-electron chi connectivity index (χ2n) is 7.76. The van der Waals surface area contributed by atoms with Gasteiger partial charge in [0.25, 0.3) is 0 Å². The molecule has 0 saturated heterocycles. The zero-order valence-corrected chi connectivity index (χ0v) is 13.2. The SMILES string of the molecule is CC(C)(C)OC(=O)NC1CCC2(CCC(N)CC2)CC1. The van der Waals surface area contributed by atoms with E-state index in [0.29, 0.717) is 11.5 Å². The molecule has 2 aliphatic rings. The van der Waals surface area contributed by atoms with Gasteiger partial charge < -0.3 is 15.8 Å². The fourth-order valence-corrected chi connectivity index (χ4v) is 3.60. The first-order valence-corrected chi connectivity index (χ1v) is 8.03. The van der Waals surface area contributed by atoms with E-state index < -0.39 is 5.60 Å². The van der Waals surface area contributed by atoms with E-state index >= 15 is 0 Å². The summed E-state index contributed by atoms with van der Waals surface area (Å²) in [6.45, 7) is 5.69. The normalized spacial score (nSPS) is 34.8. The van der Waals surface area contributed by atoms with Gasteiger partial charge in [-0.05, 0) is 77.6 Å². The summed E-state index contributed by atoms with van der Waals surface area (Å²) in [6.07, 6.45) is 9.21. The Morgan fingerprint density at radius 3 is 2.10 bits per heavy atom. The Balaban J connectivity index is 1.76. The lowest BCUT2D eigenvalue weighted by Crippen LogP contribution is -2.44. The molecule has 2 saturated carbocycles. The van der Waals surface area contributed by atoms with Gasteiger partial charge in [-0.25, -0.2) is 4.79 Å². The van der Waals surface area contributed by atoms with Gasteiger partial charge in [0.2, 0.25) is 0 Å². The van der Waals surface area contributed by atoms with Crippen LogP contribution in [-0.4, -0.2) is 23.8 Å². The molecule has 0 aromatic carbocycles. The van der Waals surface area contributed by atoms with Crippen molar-refractivity contribution in [2.45, 2.75) is 89.8 Å². The number of nitrogens with two attached hydrogens (primary N) is 1. The summed E-state index contributed by atoms with van der Waals surface area (Å²) >= 11 is 0. The Bertz CT molecular complexity index is 331. The Morgan fingerprint density at radius 2 is 1.60 bits per heavy atom. The number of carbonyl (C=O) groups is 1. The average Bonchev–Trinajstić information content (AvgIpc) is 2.34. The largest absolute Gasteiger partial charge is 0.444 e. The molecule has 0 bridgehead atoms. The number of ether oxygens (including phenoxy) is 1. The van der Waals surface area contributed by atoms with Gasteiger partial charge in [-0.1, -0.05) is 0 Å². The predicted octanol–water partition coefficient (Wildman–Crippen LogP) is 3.34. The highest BCUT2D eigenvalue weighted by molar-refractivity contribution is 5.68. The molecule has 1 amide bonds. The maximum absolute atomic E-state index is 11.8. The van der Waals surface area contributed by atoms with Crippen molar-refractivity contribution in [1.29, 1.82) is 0 Å². The van der Waals surface area contributed by atoms with Crippen molar-refractivity contribution in [3.63, 3.8) is 0 Å². The fourth-order valence-electron chi connectivity index (χ4n) is 3.60. The number of carbonyl (C=O) groups excluding carboxylic acids is 1. The molecular formula is C16H30N2O2. The number of amides is 1. The average molecular weight is 282 g/mol. The summed E-state index contributed by atoms with van der Waals surface area (Å²) in [5, 5.41) is 3.02. The standard InChI is InChI=1S/C16H30N2O2/c1-15(2,3)20-14(19)18-13-6-10-16(11-7-13)8-4-12(17)5-9-16/h12-13H,4-11,17H2,1-3H3,(H,18,19). The van der Waals surface area contributed by atoms with Crippen molar-refractivity contribution in [3.05, 3.63) is 0 Å². The van der Waals surface area contributed by atoms with E-state index in [4.69, 9.17) is 10.5 Å². The third kappa shape index (κ3) is 4.37. The van der Waals surface area contributed by atoms with Gasteiger partial charge in [0.05, 0.1) is 0 Å². The van der Waals surface area contributed by atoms with Crippen LogP contribution in [0.3, 0.4) is 0 Å². The smallest absolute Gasteiger partial charge is 0.407 e. The topological polar surface area (TPSA) is 64.3 Å². The highest BCUT2D eigenvalue weighted by atomic mass is 16.6. The minimum atomic E-state index is -0.417. The van der Waals surface area contributed by atoms with Gasteiger partial charge >= 0.3 is 6.09 Å². The number of alkyl carbamates (subject to hydrolysis) is 1. The van der Waals surface area contributed by atoms with Gasteiger partial charge in [0, 0.05) is 12.1 Å². The third-order valence-corrected chi connectivity index (χ3v) is 4.86. The summed E-state index contributed by atoms with van der Waals surface area (Å²) in [6, 6.07) is 0.698. The highest BCUT2D eigenvalue weighted by Crippen LogP contribution is 2.47. The molecule has 0 radical (unpaired) electrons. The molecule has 1 spiro atoms. The van der Waals surface area contributed by atoms with Crippen LogP contribution in [0.2, 0.25) is 0 Å². The first-order valence-electron chi connectivity index (χ1n) is 8.03. The minimum absolute atomic E-state index is 0.274. The molecule has 2 rings (SSSR count). The van der Waals surface area contributed by atoms with Gasteiger partial charge in [-0.3, -0.25) is 0 Å². The molecule has 4 heteroatoms. The second kappa shape index (κ2) is 5.92. The predicted molar refractivity (Wildman–Crippen MR) is 80.5 cm³/mol. The molecule has 0 aromatic heterocycles. The van der Waals surface area contributed by atoms with Gasteiger partial charge in [0.1, 0.15) is 5.60 Å². The minimum Gasteiger partial charge on any atom is -0.444 e. The Labute approximate surface area is 122 Å². The molecule has 0 aromatic rings. The molecule has 0 atom stereocenters. The summed E-state index contributed by atoms with van der Waals surface area (Å²) in [7, 11) is 0. The zero-order valence-electron chi connectivity index (χ0n) is 13.2. The van der Waals surface area contributed by atoms with E-state index in [-0.39, 0.29) is 12.1 Å². The van der Waals surface area contributed by atoms with Crippen LogP contribution in [0, 0.1) is 5.41 Å². The molecular weight excluding hydrogens is 252 g/mol. The lowest BCUT2D eigenvalue weighted by molar-refractivity contribution is 0.0441. The summed E-state index contributed by atoms with van der Waals surface area (Å²) in [4.78, 5) is 11.8. The molecule has 116 valence electrons. The molecule has 2 fully saturated rings. The molecule has 3 N–H and O–H groups in total. The van der Waals surface area contributed by atoms with Crippen LogP contribution in [-0.2, 0) is 4.74 Å². The Kier molecular flexibility index (Phi) is 4.62. The number of rotatable bonds is 1. The molecule has 0 unspecified atom stereocenters. The quantitative estimate of drug-likeness (QED) is 0.775. The maximum Gasteiger partial charge on any atom is 0.407 e. The molecule has 4 nitrogen and oxygen atoms in total. The first-order chi connectivity index (χ1) is 9.28. The molecule has 0 aliphatic heterocycles. The van der Waals surface area contributed by atoms with Crippen molar-refractivity contribution in [1.82, 2.24) is 5.32 Å². The van der Waals surface area contributed by atoms with E-state index in [1.807, 2.05) is 20.8 Å². The van der Waals surface area contributed by atoms with Crippen LogP contribution in [0.25, 0.3) is 0 Å². The van der Waals surface area contributed by atoms with E-state index in [1.165, 1.54) is 38.5 Å².